The number of aromatic nitrogens is 4. The van der Waals surface area contributed by atoms with Crippen LogP contribution in [0.25, 0.3) is 11.0 Å². The van der Waals surface area contributed by atoms with Crippen molar-refractivity contribution in [3.05, 3.63) is 35.7 Å². The molecule has 0 bridgehead atoms. The fourth-order valence-corrected chi connectivity index (χ4v) is 6.06. The first-order chi connectivity index (χ1) is 18.6. The molecule has 0 amide bonds. The largest absolute Gasteiger partial charge is 0.496 e. The van der Waals surface area contributed by atoms with Gasteiger partial charge in [-0.05, 0) is 50.9 Å². The molecule has 6 rings (SSSR count). The van der Waals surface area contributed by atoms with Crippen molar-refractivity contribution in [3.63, 3.8) is 0 Å². The number of benzene rings is 1. The van der Waals surface area contributed by atoms with Gasteiger partial charge < -0.3 is 29.1 Å². The molecule has 202 valence electrons. The molecule has 0 radical (unpaired) electrons. The summed E-state index contributed by atoms with van der Waals surface area (Å²) < 4.78 is 11.3. The monoisotopic (exact) mass is 518 g/mol. The van der Waals surface area contributed by atoms with Crippen LogP contribution in [0.2, 0.25) is 0 Å². The lowest BCUT2D eigenvalue weighted by Gasteiger charge is -2.35. The molecule has 3 aliphatic heterocycles. The summed E-state index contributed by atoms with van der Waals surface area (Å²) in [5, 5.41) is 0. The fourth-order valence-electron chi connectivity index (χ4n) is 6.06. The van der Waals surface area contributed by atoms with Crippen LogP contribution in [-0.4, -0.2) is 98.5 Å². The van der Waals surface area contributed by atoms with Crippen LogP contribution in [0.4, 0.5) is 17.6 Å². The van der Waals surface area contributed by atoms with E-state index in [-0.39, 0.29) is 0 Å². The summed E-state index contributed by atoms with van der Waals surface area (Å²) in [6.07, 6.45) is 4.86. The molecule has 0 unspecified atom stereocenters. The van der Waals surface area contributed by atoms with Crippen LogP contribution in [0, 0.1) is 5.92 Å². The Balaban J connectivity index is 1.37. The average molecular weight is 519 g/mol. The maximum absolute atomic E-state index is 5.64. The number of morpholine rings is 1. The zero-order valence-corrected chi connectivity index (χ0v) is 22.8. The summed E-state index contributed by atoms with van der Waals surface area (Å²) in [6, 6.07) is 6.30. The summed E-state index contributed by atoms with van der Waals surface area (Å²) in [4.78, 5) is 29.1. The number of hydrogen-bond acceptors (Lipinski definition) is 10. The summed E-state index contributed by atoms with van der Waals surface area (Å²) in [5.74, 6) is 4.24. The second kappa shape index (κ2) is 10.9. The normalized spacial score (nSPS) is 18.8. The average Bonchev–Trinajstić information content (AvgIpc) is 2.96. The van der Waals surface area contributed by atoms with Crippen molar-refractivity contribution < 1.29 is 9.47 Å². The van der Waals surface area contributed by atoms with Crippen molar-refractivity contribution in [1.82, 2.24) is 24.8 Å². The van der Waals surface area contributed by atoms with Crippen molar-refractivity contribution in [2.24, 2.45) is 5.92 Å². The van der Waals surface area contributed by atoms with Gasteiger partial charge in [0, 0.05) is 51.4 Å². The van der Waals surface area contributed by atoms with Crippen molar-refractivity contribution in [1.29, 1.82) is 0 Å². The molecule has 0 atom stereocenters. The lowest BCUT2D eigenvalue weighted by molar-refractivity contribution is 0.122. The Labute approximate surface area is 224 Å². The second-order valence-corrected chi connectivity index (χ2v) is 10.8. The SMILES string of the molecule is COc1cccc2c1CCN(c1ncnc3c(N4CCOCC4)nc(N4CCC(CN(C)C)CC4)nc13)C2. The van der Waals surface area contributed by atoms with E-state index in [1.54, 1.807) is 13.4 Å². The van der Waals surface area contributed by atoms with Crippen molar-refractivity contribution in [3.8, 4) is 5.75 Å². The molecule has 2 aromatic heterocycles. The second-order valence-electron chi connectivity index (χ2n) is 10.8. The Kier molecular flexibility index (Phi) is 7.16. The maximum Gasteiger partial charge on any atom is 0.228 e. The van der Waals surface area contributed by atoms with Crippen LogP contribution in [0.15, 0.2) is 24.5 Å². The minimum Gasteiger partial charge on any atom is -0.496 e. The summed E-state index contributed by atoms with van der Waals surface area (Å²) in [5.41, 5.74) is 4.21. The van der Waals surface area contributed by atoms with Gasteiger partial charge in [-0.1, -0.05) is 12.1 Å². The third-order valence-electron chi connectivity index (χ3n) is 8.01. The first-order valence-electron chi connectivity index (χ1n) is 13.8. The van der Waals surface area contributed by atoms with E-state index in [4.69, 9.17) is 29.4 Å². The maximum atomic E-state index is 5.64. The van der Waals surface area contributed by atoms with Crippen LogP contribution < -0.4 is 19.4 Å². The van der Waals surface area contributed by atoms with E-state index in [2.05, 4.69) is 45.8 Å². The predicted molar refractivity (Wildman–Crippen MR) is 149 cm³/mol. The van der Waals surface area contributed by atoms with Crippen molar-refractivity contribution in [2.75, 3.05) is 88.4 Å². The minimum absolute atomic E-state index is 0.694. The summed E-state index contributed by atoms with van der Waals surface area (Å²) >= 11 is 0. The quantitative estimate of drug-likeness (QED) is 0.486. The molecule has 5 heterocycles. The molecule has 2 saturated heterocycles. The van der Waals surface area contributed by atoms with Gasteiger partial charge in [0.25, 0.3) is 0 Å². The molecule has 10 heteroatoms. The first kappa shape index (κ1) is 25.1. The Hall–Kier alpha value is -3.24. The standard InChI is InChI=1S/C28H38N8O2/c1-33(2)17-20-7-10-35(11-8-20)28-31-25-24(27(32-28)34-13-15-38-16-14-34)29-19-30-26(25)36-12-9-22-21(18-36)5-4-6-23(22)37-3/h4-6,19-20H,7-18H2,1-3H3. The molecule has 0 saturated carbocycles. The van der Waals surface area contributed by atoms with E-state index in [0.29, 0.717) is 19.1 Å². The molecule has 0 N–H and O–H groups in total. The molecule has 0 aliphatic carbocycles. The van der Waals surface area contributed by atoms with Crippen molar-refractivity contribution in [2.45, 2.75) is 25.8 Å². The Morgan fingerprint density at radius 1 is 0.921 bits per heavy atom. The van der Waals surface area contributed by atoms with Gasteiger partial charge in [0.1, 0.15) is 23.1 Å². The minimum atomic E-state index is 0.694. The van der Waals surface area contributed by atoms with Crippen LogP contribution in [0.3, 0.4) is 0 Å². The van der Waals surface area contributed by atoms with E-state index in [1.165, 1.54) is 11.1 Å². The van der Waals surface area contributed by atoms with Gasteiger partial charge in [-0.15, -0.1) is 0 Å². The van der Waals surface area contributed by atoms with Gasteiger partial charge in [0.05, 0.1) is 20.3 Å². The van der Waals surface area contributed by atoms with Crippen LogP contribution in [0.1, 0.15) is 24.0 Å². The smallest absolute Gasteiger partial charge is 0.228 e. The summed E-state index contributed by atoms with van der Waals surface area (Å²) in [6.45, 7) is 7.66. The van der Waals surface area contributed by atoms with E-state index >= 15 is 0 Å². The van der Waals surface area contributed by atoms with E-state index < -0.39 is 0 Å². The third kappa shape index (κ3) is 4.94. The predicted octanol–water partition coefficient (Wildman–Crippen LogP) is 2.61. The first-order valence-corrected chi connectivity index (χ1v) is 13.8. The zero-order chi connectivity index (χ0) is 26.1. The highest BCUT2D eigenvalue weighted by Crippen LogP contribution is 2.35. The topological polar surface area (TPSA) is 83.0 Å². The summed E-state index contributed by atoms with van der Waals surface area (Å²) in [7, 11) is 6.06. The lowest BCUT2D eigenvalue weighted by atomic mass is 9.96. The van der Waals surface area contributed by atoms with Gasteiger partial charge in [-0.2, -0.15) is 4.98 Å². The number of piperidine rings is 1. The van der Waals surface area contributed by atoms with Crippen LogP contribution >= 0.6 is 0 Å². The van der Waals surface area contributed by atoms with Gasteiger partial charge >= 0.3 is 0 Å². The molecular weight excluding hydrogens is 480 g/mol. The fraction of sp³-hybridized carbons (Fsp3) is 0.571. The van der Waals surface area contributed by atoms with Crippen molar-refractivity contribution >= 4 is 28.6 Å². The molecule has 1 aromatic carbocycles. The number of hydrogen-bond donors (Lipinski definition) is 0. The van der Waals surface area contributed by atoms with Gasteiger partial charge in [-0.25, -0.2) is 15.0 Å². The molecule has 0 spiro atoms. The molecule has 38 heavy (non-hydrogen) atoms. The number of rotatable bonds is 6. The highest BCUT2D eigenvalue weighted by molar-refractivity contribution is 5.94. The zero-order valence-electron chi connectivity index (χ0n) is 22.8. The number of methoxy groups -OCH3 is 1. The Morgan fingerprint density at radius 3 is 2.50 bits per heavy atom. The molecular formula is C28H38N8O2. The Morgan fingerprint density at radius 2 is 1.74 bits per heavy atom. The number of fused-ring (bicyclic) bond motifs is 2. The molecule has 3 aromatic rings. The molecule has 2 fully saturated rings. The van der Waals surface area contributed by atoms with E-state index in [9.17, 15) is 0 Å². The van der Waals surface area contributed by atoms with Crippen LogP contribution in [0.5, 0.6) is 5.75 Å². The van der Waals surface area contributed by atoms with E-state index in [1.807, 2.05) is 6.07 Å². The van der Waals surface area contributed by atoms with Gasteiger partial charge in [0.2, 0.25) is 5.95 Å². The van der Waals surface area contributed by atoms with Gasteiger partial charge in [-0.3, -0.25) is 0 Å². The Bertz CT molecular complexity index is 1270. The van der Waals surface area contributed by atoms with Gasteiger partial charge in [0.15, 0.2) is 11.6 Å². The lowest BCUT2D eigenvalue weighted by Crippen LogP contribution is -2.40. The number of anilines is 3. The highest BCUT2D eigenvalue weighted by atomic mass is 16.5. The van der Waals surface area contributed by atoms with E-state index in [0.717, 1.165) is 99.4 Å². The van der Waals surface area contributed by atoms with Crippen LogP contribution in [-0.2, 0) is 17.7 Å². The number of ether oxygens (including phenoxy) is 2. The third-order valence-corrected chi connectivity index (χ3v) is 8.01. The number of nitrogens with zero attached hydrogens (tertiary/aromatic N) is 8. The molecule has 3 aliphatic rings. The molecule has 10 nitrogen and oxygen atoms in total. The highest BCUT2D eigenvalue weighted by Gasteiger charge is 2.28.